The van der Waals surface area contributed by atoms with Gasteiger partial charge in [0.25, 0.3) is 0 Å². The Hall–Kier alpha value is 0.314. The quantitative estimate of drug-likeness (QED) is 0.579. The van der Waals surface area contributed by atoms with Crippen molar-refractivity contribution in [2.24, 2.45) is 0 Å². The molecule has 2 unspecified atom stereocenters. The van der Waals surface area contributed by atoms with Crippen molar-refractivity contribution in [3.05, 3.63) is 23.0 Å². The van der Waals surface area contributed by atoms with Gasteiger partial charge >= 0.3 is 11.9 Å². The number of carboxylic acid groups (broad SMARTS) is 2. The van der Waals surface area contributed by atoms with Gasteiger partial charge in [0, 0.05) is 16.5 Å². The Labute approximate surface area is 124 Å². The van der Waals surface area contributed by atoms with Crippen LogP contribution in [0.4, 0.5) is 0 Å². The molecule has 0 aliphatic carbocycles. The summed E-state index contributed by atoms with van der Waals surface area (Å²) >= 11 is 0. The second-order valence-electron chi connectivity index (χ2n) is 2.56. The number of carbonyl (C=O) groups is 2. The zero-order valence-electron chi connectivity index (χ0n) is 8.12. The molecular formula is C8H8NiO4S4. The molecule has 0 fully saturated rings. The molecule has 0 aromatic rings. The minimum Gasteiger partial charge on any atom is -0.480 e. The first-order valence-electron chi connectivity index (χ1n) is 4.04. The second kappa shape index (κ2) is 9.27. The first kappa shape index (κ1) is 17.3. The van der Waals surface area contributed by atoms with Crippen LogP contribution in [0.3, 0.4) is 0 Å². The zero-order valence-corrected chi connectivity index (χ0v) is 12.4. The first-order chi connectivity index (χ1) is 7.61. The Morgan fingerprint density at radius 3 is 1.35 bits per heavy atom. The molecule has 0 radical (unpaired) electrons. The molecule has 2 N–H and O–H groups in total. The molecule has 2 atom stereocenters. The maximum Gasteiger partial charge on any atom is 0.321 e. The minimum absolute atomic E-state index is 0. The number of aliphatic carboxylic acids is 2. The number of carboxylic acids is 2. The van der Waals surface area contributed by atoms with E-state index in [1.54, 1.807) is 23.0 Å². The van der Waals surface area contributed by atoms with E-state index in [-0.39, 0.29) is 27.0 Å². The first-order valence-corrected chi connectivity index (χ1v) is 8.59. The molecule has 4 nitrogen and oxygen atoms in total. The van der Waals surface area contributed by atoms with Gasteiger partial charge in [-0.15, -0.1) is 0 Å². The van der Waals surface area contributed by atoms with Crippen molar-refractivity contribution in [2.75, 3.05) is 0 Å². The number of hydrogen-bond acceptors (Lipinski definition) is 6. The minimum atomic E-state index is -0.753. The van der Waals surface area contributed by atoms with Crippen LogP contribution in [0, 0.1) is 0 Å². The van der Waals surface area contributed by atoms with Gasteiger partial charge in [-0.25, -0.2) is 0 Å². The number of rotatable bonds is 2. The van der Waals surface area contributed by atoms with Crippen LogP contribution in [0.2, 0.25) is 0 Å². The van der Waals surface area contributed by atoms with Crippen LogP contribution in [0.15, 0.2) is 23.0 Å². The third-order valence-corrected chi connectivity index (χ3v) is 5.89. The SMILES string of the molecule is O=C(O)C1C=CSS1.O=C(O)C1C=CSS1.[Ni]. The van der Waals surface area contributed by atoms with Gasteiger partial charge in [-0.3, -0.25) is 9.59 Å². The largest absolute Gasteiger partial charge is 0.480 e. The third-order valence-electron chi connectivity index (χ3n) is 1.42. The van der Waals surface area contributed by atoms with Crippen LogP contribution >= 0.6 is 43.2 Å². The van der Waals surface area contributed by atoms with E-state index in [1.807, 2.05) is 0 Å². The van der Waals surface area contributed by atoms with Gasteiger partial charge in [0.1, 0.15) is 10.5 Å². The third kappa shape index (κ3) is 6.71. The Bertz CT molecular complexity index is 301. The summed E-state index contributed by atoms with van der Waals surface area (Å²) < 4.78 is 0. The summed E-state index contributed by atoms with van der Waals surface area (Å²) in [5, 5.41) is 19.6. The fraction of sp³-hybridized carbons (Fsp3) is 0.250. The van der Waals surface area contributed by atoms with Crippen molar-refractivity contribution >= 4 is 55.1 Å². The summed E-state index contributed by atoms with van der Waals surface area (Å²) in [6.07, 6.45) is 3.36. The van der Waals surface area contributed by atoms with E-state index in [9.17, 15) is 9.59 Å². The van der Waals surface area contributed by atoms with Gasteiger partial charge < -0.3 is 10.2 Å². The topological polar surface area (TPSA) is 74.6 Å². The molecule has 17 heavy (non-hydrogen) atoms. The van der Waals surface area contributed by atoms with Crippen LogP contribution in [0.25, 0.3) is 0 Å². The van der Waals surface area contributed by atoms with Gasteiger partial charge in [0.15, 0.2) is 0 Å². The standard InChI is InChI=1S/2C4H4O2S2.Ni/c2*5-4(6)3-1-2-7-8-3;/h2*1-3H,(H,5,6);. The Kier molecular flexibility index (Phi) is 9.44. The predicted molar refractivity (Wildman–Crippen MR) is 71.5 cm³/mol. The molecule has 2 heterocycles. The molecule has 9 heteroatoms. The fourth-order valence-electron chi connectivity index (χ4n) is 0.702. The molecule has 0 aromatic heterocycles. The zero-order chi connectivity index (χ0) is 12.0. The van der Waals surface area contributed by atoms with Crippen LogP contribution in [0.1, 0.15) is 0 Å². The van der Waals surface area contributed by atoms with Crippen molar-refractivity contribution in [3.63, 3.8) is 0 Å². The van der Waals surface area contributed by atoms with Crippen molar-refractivity contribution in [1.29, 1.82) is 0 Å². The molecular weight excluding hydrogens is 347 g/mol. The average Bonchev–Trinajstić information content (AvgIpc) is 2.93. The molecule has 2 aliphatic heterocycles. The maximum atomic E-state index is 10.1. The summed E-state index contributed by atoms with van der Waals surface area (Å²) in [5.41, 5.74) is 0. The van der Waals surface area contributed by atoms with Gasteiger partial charge in [-0.1, -0.05) is 55.3 Å². The van der Waals surface area contributed by atoms with Crippen LogP contribution in [-0.2, 0) is 26.1 Å². The van der Waals surface area contributed by atoms with Crippen LogP contribution in [0.5, 0.6) is 0 Å². The molecule has 0 amide bonds. The van der Waals surface area contributed by atoms with Crippen molar-refractivity contribution in [2.45, 2.75) is 10.5 Å². The smallest absolute Gasteiger partial charge is 0.321 e. The molecule has 0 saturated carbocycles. The molecule has 0 bridgehead atoms. The summed E-state index contributed by atoms with van der Waals surface area (Å²) in [5.74, 6) is -1.51. The van der Waals surface area contributed by atoms with E-state index in [4.69, 9.17) is 10.2 Å². The normalized spacial score (nSPS) is 24.7. The Morgan fingerprint density at radius 1 is 0.882 bits per heavy atom. The Balaban J connectivity index is 0.000000284. The predicted octanol–water partition coefficient (Wildman–Crippen LogP) is 2.69. The number of hydrogen-bond donors (Lipinski definition) is 2. The molecule has 0 aromatic carbocycles. The van der Waals surface area contributed by atoms with Crippen LogP contribution < -0.4 is 0 Å². The summed E-state index contributed by atoms with van der Waals surface area (Å²) in [6, 6.07) is 0. The van der Waals surface area contributed by atoms with Gasteiger partial charge in [0.2, 0.25) is 0 Å². The van der Waals surface area contributed by atoms with E-state index in [0.717, 1.165) is 0 Å². The second-order valence-corrected chi connectivity index (χ2v) is 7.20. The molecule has 2 aliphatic rings. The van der Waals surface area contributed by atoms with Gasteiger partial charge in [0.05, 0.1) is 0 Å². The summed E-state index contributed by atoms with van der Waals surface area (Å²) in [7, 11) is 5.64. The van der Waals surface area contributed by atoms with E-state index < -0.39 is 11.9 Å². The molecule has 0 spiro atoms. The van der Waals surface area contributed by atoms with E-state index in [2.05, 4.69) is 0 Å². The van der Waals surface area contributed by atoms with Crippen LogP contribution in [-0.4, -0.2) is 32.7 Å². The molecule has 0 saturated heterocycles. The summed E-state index contributed by atoms with van der Waals surface area (Å²) in [4.78, 5) is 20.2. The van der Waals surface area contributed by atoms with E-state index >= 15 is 0 Å². The summed E-state index contributed by atoms with van der Waals surface area (Å²) in [6.45, 7) is 0. The van der Waals surface area contributed by atoms with Crippen molar-refractivity contribution < 1.29 is 36.3 Å². The van der Waals surface area contributed by atoms with E-state index in [0.29, 0.717) is 0 Å². The average molecular weight is 355 g/mol. The van der Waals surface area contributed by atoms with Gasteiger partial charge in [-0.05, 0) is 10.8 Å². The van der Waals surface area contributed by atoms with Gasteiger partial charge in [-0.2, -0.15) is 0 Å². The molecule has 2 rings (SSSR count). The van der Waals surface area contributed by atoms with E-state index in [1.165, 1.54) is 43.2 Å². The molecule has 98 valence electrons. The van der Waals surface area contributed by atoms with Crippen molar-refractivity contribution in [1.82, 2.24) is 0 Å². The van der Waals surface area contributed by atoms with Crippen molar-refractivity contribution in [3.8, 4) is 0 Å². The maximum absolute atomic E-state index is 10.1. The fourth-order valence-corrected chi connectivity index (χ4v) is 4.53. The monoisotopic (exact) mass is 354 g/mol. The Morgan fingerprint density at radius 2 is 1.24 bits per heavy atom.